The van der Waals surface area contributed by atoms with E-state index in [9.17, 15) is 4.79 Å². The van der Waals surface area contributed by atoms with E-state index in [4.69, 9.17) is 0 Å². The first-order chi connectivity index (χ1) is 18.0. The largest absolute Gasteiger partial charge is 0.369 e. The number of hydrogen-bond acceptors (Lipinski definition) is 5. The first-order valence-corrected chi connectivity index (χ1v) is 13.9. The Kier molecular flexibility index (Phi) is 10.2. The molecule has 1 fully saturated rings. The number of anilines is 1. The van der Waals surface area contributed by atoms with Gasteiger partial charge in [0.05, 0.1) is 6.54 Å². The third-order valence-electron chi connectivity index (χ3n) is 7.79. The number of dihydropyridines is 1. The van der Waals surface area contributed by atoms with Crippen molar-refractivity contribution < 1.29 is 4.79 Å². The molecule has 1 amide bonds. The van der Waals surface area contributed by atoms with E-state index in [1.54, 1.807) is 0 Å². The molecule has 3 rings (SSSR count). The average molecular weight is 518 g/mol. The minimum absolute atomic E-state index is 0.0771. The summed E-state index contributed by atoms with van der Waals surface area (Å²) >= 11 is 0. The van der Waals surface area contributed by atoms with Crippen LogP contribution < -0.4 is 15.5 Å². The Morgan fingerprint density at radius 1 is 1.08 bits per heavy atom. The van der Waals surface area contributed by atoms with Gasteiger partial charge in [-0.3, -0.25) is 9.69 Å². The van der Waals surface area contributed by atoms with Gasteiger partial charge in [-0.25, -0.2) is 0 Å². The van der Waals surface area contributed by atoms with Crippen molar-refractivity contribution in [2.24, 2.45) is 0 Å². The summed E-state index contributed by atoms with van der Waals surface area (Å²) in [7, 11) is 8.39. The van der Waals surface area contributed by atoms with Gasteiger partial charge in [-0.15, -0.1) is 0 Å². The molecular formula is C32H47N5O. The van der Waals surface area contributed by atoms with Gasteiger partial charge in [-0.1, -0.05) is 18.4 Å². The number of carbonyl (C=O) groups excluding carboxylic acids is 1. The van der Waals surface area contributed by atoms with Crippen molar-refractivity contribution in [3.05, 3.63) is 64.0 Å². The molecule has 0 aromatic heterocycles. The molecule has 38 heavy (non-hydrogen) atoms. The summed E-state index contributed by atoms with van der Waals surface area (Å²) in [6, 6.07) is 5.25. The summed E-state index contributed by atoms with van der Waals surface area (Å²) in [5.41, 5.74) is 7.77. The zero-order chi connectivity index (χ0) is 28.0. The van der Waals surface area contributed by atoms with Gasteiger partial charge >= 0.3 is 0 Å². The average Bonchev–Trinajstić information content (AvgIpc) is 2.85. The van der Waals surface area contributed by atoms with Crippen molar-refractivity contribution in [1.82, 2.24) is 20.4 Å². The topological polar surface area (TPSA) is 50.9 Å². The second kappa shape index (κ2) is 13.2. The van der Waals surface area contributed by atoms with Crippen LogP contribution in [0.5, 0.6) is 0 Å². The molecule has 0 spiro atoms. The Labute approximate surface area is 230 Å². The van der Waals surface area contributed by atoms with Crippen LogP contribution in [0.25, 0.3) is 0 Å². The monoisotopic (exact) mass is 517 g/mol. The van der Waals surface area contributed by atoms with Crippen molar-refractivity contribution in [1.29, 1.82) is 0 Å². The first kappa shape index (κ1) is 29.5. The van der Waals surface area contributed by atoms with E-state index in [1.807, 2.05) is 27.1 Å². The van der Waals surface area contributed by atoms with Crippen LogP contribution in [0.3, 0.4) is 0 Å². The highest BCUT2D eigenvalue weighted by Crippen LogP contribution is 2.33. The van der Waals surface area contributed by atoms with Gasteiger partial charge < -0.3 is 20.4 Å². The SMILES string of the molecule is C=C1NC(C)=CC(C)=C1CNC(=O)c1cc(C#CCN(C)C)cc(N(CC)C2CCC(N(C)C)CC2)c1C. The van der Waals surface area contributed by atoms with Crippen LogP contribution in [-0.4, -0.2) is 75.6 Å². The molecule has 0 bridgehead atoms. The number of amides is 1. The lowest BCUT2D eigenvalue weighted by Crippen LogP contribution is -2.42. The van der Waals surface area contributed by atoms with Crippen molar-refractivity contribution in [3.8, 4) is 11.8 Å². The van der Waals surface area contributed by atoms with Gasteiger partial charge in [0, 0.05) is 53.4 Å². The smallest absolute Gasteiger partial charge is 0.251 e. The Morgan fingerprint density at radius 3 is 2.32 bits per heavy atom. The first-order valence-electron chi connectivity index (χ1n) is 13.9. The van der Waals surface area contributed by atoms with Gasteiger partial charge in [-0.05, 0) is 116 Å². The predicted octanol–water partition coefficient (Wildman–Crippen LogP) is 4.67. The van der Waals surface area contributed by atoms with E-state index >= 15 is 0 Å². The van der Waals surface area contributed by atoms with E-state index in [-0.39, 0.29) is 5.91 Å². The molecule has 2 N–H and O–H groups in total. The highest BCUT2D eigenvalue weighted by molar-refractivity contribution is 5.98. The summed E-state index contributed by atoms with van der Waals surface area (Å²) in [5.74, 6) is 6.50. The summed E-state index contributed by atoms with van der Waals surface area (Å²) in [6.45, 7) is 14.5. The van der Waals surface area contributed by atoms with E-state index in [0.29, 0.717) is 30.7 Å². The van der Waals surface area contributed by atoms with Gasteiger partial charge in [0.1, 0.15) is 0 Å². The van der Waals surface area contributed by atoms with E-state index < -0.39 is 0 Å². The van der Waals surface area contributed by atoms with Crippen molar-refractivity contribution in [3.63, 3.8) is 0 Å². The molecule has 1 heterocycles. The van der Waals surface area contributed by atoms with Crippen LogP contribution in [-0.2, 0) is 0 Å². The Hall–Kier alpha value is -3.01. The maximum atomic E-state index is 13.6. The molecule has 0 radical (unpaired) electrons. The number of nitrogens with zero attached hydrogens (tertiary/aromatic N) is 3. The zero-order valence-corrected chi connectivity index (χ0v) is 24.8. The molecule has 0 saturated heterocycles. The van der Waals surface area contributed by atoms with Crippen LogP contribution in [0.2, 0.25) is 0 Å². The van der Waals surface area contributed by atoms with Crippen LogP contribution in [0.15, 0.2) is 47.3 Å². The molecule has 206 valence electrons. The summed E-state index contributed by atoms with van der Waals surface area (Å²) in [5, 5.41) is 6.44. The Morgan fingerprint density at radius 2 is 1.74 bits per heavy atom. The van der Waals surface area contributed by atoms with Gasteiger partial charge in [0.25, 0.3) is 5.91 Å². The quantitative estimate of drug-likeness (QED) is 0.491. The second-order valence-electron chi connectivity index (χ2n) is 11.2. The molecule has 1 aliphatic heterocycles. The zero-order valence-electron chi connectivity index (χ0n) is 24.8. The summed E-state index contributed by atoms with van der Waals surface area (Å²) in [6.07, 6.45) is 6.80. The summed E-state index contributed by atoms with van der Waals surface area (Å²) in [4.78, 5) is 20.5. The highest BCUT2D eigenvalue weighted by atomic mass is 16.1. The summed E-state index contributed by atoms with van der Waals surface area (Å²) < 4.78 is 0. The highest BCUT2D eigenvalue weighted by Gasteiger charge is 2.28. The molecular weight excluding hydrogens is 470 g/mol. The van der Waals surface area contributed by atoms with Crippen LogP contribution in [0.1, 0.15) is 67.9 Å². The van der Waals surface area contributed by atoms with Gasteiger partial charge in [0.15, 0.2) is 0 Å². The molecule has 0 atom stereocenters. The number of benzene rings is 1. The lowest BCUT2D eigenvalue weighted by Gasteiger charge is -2.40. The maximum Gasteiger partial charge on any atom is 0.251 e. The second-order valence-corrected chi connectivity index (χ2v) is 11.2. The standard InChI is InChI=1S/C32H47N5O/c1-10-37(28-15-13-27(14-16-28)36(8)9)31-20-26(12-11-17-35(6)7)19-29(24(31)4)32(38)33-21-30-22(2)18-23(3)34-25(30)5/h18-20,27-28,34H,5,10,13-17,21H2,1-4,6-9H3,(H,33,38). The van der Waals surface area contributed by atoms with Crippen LogP contribution in [0, 0.1) is 18.8 Å². The normalized spacial score (nSPS) is 19.6. The van der Waals surface area contributed by atoms with Gasteiger partial charge in [-0.2, -0.15) is 0 Å². The van der Waals surface area contributed by atoms with Crippen molar-refractivity contribution in [2.75, 3.05) is 52.7 Å². The number of carbonyl (C=O) groups is 1. The molecule has 2 aliphatic rings. The van der Waals surface area contributed by atoms with Crippen LogP contribution in [0.4, 0.5) is 5.69 Å². The third-order valence-corrected chi connectivity index (χ3v) is 7.79. The molecule has 6 heteroatoms. The van der Waals surface area contributed by atoms with Crippen molar-refractivity contribution >= 4 is 11.6 Å². The Balaban J connectivity index is 1.92. The van der Waals surface area contributed by atoms with E-state index in [0.717, 1.165) is 58.7 Å². The van der Waals surface area contributed by atoms with Crippen molar-refractivity contribution in [2.45, 2.75) is 65.5 Å². The van der Waals surface area contributed by atoms with Crippen LogP contribution >= 0.6 is 0 Å². The molecule has 1 aromatic rings. The number of nitrogens with one attached hydrogen (secondary N) is 2. The number of allylic oxidation sites excluding steroid dienone is 3. The molecule has 1 saturated carbocycles. The molecule has 1 aliphatic carbocycles. The minimum Gasteiger partial charge on any atom is -0.369 e. The molecule has 0 unspecified atom stereocenters. The minimum atomic E-state index is -0.0771. The van der Waals surface area contributed by atoms with E-state index in [2.05, 4.69) is 90.8 Å². The van der Waals surface area contributed by atoms with E-state index in [1.165, 1.54) is 12.8 Å². The molecule has 6 nitrogen and oxygen atoms in total. The lowest BCUT2D eigenvalue weighted by molar-refractivity contribution is 0.0956. The predicted molar refractivity (Wildman–Crippen MR) is 160 cm³/mol. The number of hydrogen-bond donors (Lipinski definition) is 2. The third kappa shape index (κ3) is 7.30. The number of rotatable bonds is 8. The maximum absolute atomic E-state index is 13.6. The lowest BCUT2D eigenvalue weighted by atomic mass is 9.88. The fourth-order valence-corrected chi connectivity index (χ4v) is 5.63. The Bertz CT molecular complexity index is 1160. The fourth-order valence-electron chi connectivity index (χ4n) is 5.63. The van der Waals surface area contributed by atoms with Gasteiger partial charge in [0.2, 0.25) is 0 Å². The fraction of sp³-hybridized carbons (Fsp3) is 0.531. The molecule has 1 aromatic carbocycles.